The smallest absolute Gasteiger partial charge is 0.146 e. The first kappa shape index (κ1) is 11.0. The lowest BCUT2D eigenvalue weighted by Gasteiger charge is -2.40. The van der Waals surface area contributed by atoms with Crippen LogP contribution in [0.2, 0.25) is 0 Å². The quantitative estimate of drug-likeness (QED) is 0.450. The van der Waals surface area contributed by atoms with Crippen LogP contribution >= 0.6 is 0 Å². The molecule has 0 aliphatic carbocycles. The predicted molar refractivity (Wildman–Crippen MR) is 50.6 cm³/mol. The monoisotopic (exact) mass is 188 g/mol. The molecule has 0 aromatic heterocycles. The third-order valence-corrected chi connectivity index (χ3v) is 2.49. The summed E-state index contributed by atoms with van der Waals surface area (Å²) < 4.78 is 15.8. The summed E-state index contributed by atoms with van der Waals surface area (Å²) in [5.41, 5.74) is 0.287. The van der Waals surface area contributed by atoms with Gasteiger partial charge in [0.1, 0.15) is 6.79 Å². The van der Waals surface area contributed by atoms with Crippen molar-refractivity contribution in [2.75, 3.05) is 33.2 Å². The molecule has 0 radical (unpaired) electrons. The molecule has 1 aliphatic rings. The summed E-state index contributed by atoms with van der Waals surface area (Å²) in [7, 11) is 0. The topological polar surface area (TPSA) is 27.7 Å². The van der Waals surface area contributed by atoms with Crippen LogP contribution in [0.1, 0.15) is 26.7 Å². The van der Waals surface area contributed by atoms with Crippen molar-refractivity contribution in [3.8, 4) is 0 Å². The predicted octanol–water partition coefficient (Wildman–Crippen LogP) is 1.81. The van der Waals surface area contributed by atoms with Crippen molar-refractivity contribution in [2.24, 2.45) is 5.41 Å². The highest BCUT2D eigenvalue weighted by Gasteiger charge is 2.36. The van der Waals surface area contributed by atoms with E-state index >= 15 is 0 Å². The van der Waals surface area contributed by atoms with E-state index in [2.05, 4.69) is 13.8 Å². The molecule has 3 nitrogen and oxygen atoms in total. The molecular formula is C10H20O3. The molecule has 1 fully saturated rings. The zero-order valence-electron chi connectivity index (χ0n) is 8.67. The SMILES string of the molecule is CCCOCOCC1(CC)COC1. The number of ether oxygens (including phenoxy) is 3. The number of rotatable bonds is 7. The Hall–Kier alpha value is -0.120. The minimum atomic E-state index is 0.287. The van der Waals surface area contributed by atoms with E-state index in [-0.39, 0.29) is 5.41 Å². The summed E-state index contributed by atoms with van der Waals surface area (Å²) in [6.07, 6.45) is 2.17. The van der Waals surface area contributed by atoms with E-state index in [0.29, 0.717) is 6.79 Å². The molecule has 0 unspecified atom stereocenters. The molecule has 0 saturated carbocycles. The second-order valence-electron chi connectivity index (χ2n) is 3.72. The first-order chi connectivity index (χ1) is 6.33. The van der Waals surface area contributed by atoms with Gasteiger partial charge in [0.15, 0.2) is 0 Å². The van der Waals surface area contributed by atoms with Gasteiger partial charge in [0, 0.05) is 12.0 Å². The van der Waals surface area contributed by atoms with Gasteiger partial charge in [-0.2, -0.15) is 0 Å². The average Bonchev–Trinajstić information content (AvgIpc) is 2.09. The Morgan fingerprint density at radius 1 is 1.23 bits per heavy atom. The molecule has 0 spiro atoms. The summed E-state index contributed by atoms with van der Waals surface area (Å²) >= 11 is 0. The van der Waals surface area contributed by atoms with Gasteiger partial charge in [-0.25, -0.2) is 0 Å². The minimum absolute atomic E-state index is 0.287. The van der Waals surface area contributed by atoms with Crippen LogP contribution in [-0.2, 0) is 14.2 Å². The largest absolute Gasteiger partial charge is 0.380 e. The average molecular weight is 188 g/mol. The Labute approximate surface area is 80.4 Å². The fraction of sp³-hybridized carbons (Fsp3) is 1.00. The van der Waals surface area contributed by atoms with Crippen LogP contribution in [0.25, 0.3) is 0 Å². The second-order valence-corrected chi connectivity index (χ2v) is 3.72. The zero-order chi connectivity index (χ0) is 9.57. The Kier molecular flexibility index (Phi) is 4.70. The van der Waals surface area contributed by atoms with Crippen molar-refractivity contribution in [1.29, 1.82) is 0 Å². The molecule has 0 N–H and O–H groups in total. The normalized spacial score (nSPS) is 19.8. The molecule has 3 heteroatoms. The standard InChI is InChI=1S/C10H20O3/c1-3-5-11-9-13-8-10(4-2)6-12-7-10/h3-9H2,1-2H3. The molecule has 0 amide bonds. The molecular weight excluding hydrogens is 168 g/mol. The summed E-state index contributed by atoms with van der Waals surface area (Å²) in [6.45, 7) is 7.94. The maximum absolute atomic E-state index is 5.43. The van der Waals surface area contributed by atoms with Crippen LogP contribution in [-0.4, -0.2) is 33.2 Å². The third-order valence-electron chi connectivity index (χ3n) is 2.49. The molecule has 1 saturated heterocycles. The van der Waals surface area contributed by atoms with E-state index in [9.17, 15) is 0 Å². The Balaban J connectivity index is 1.98. The van der Waals surface area contributed by atoms with Gasteiger partial charge in [0.2, 0.25) is 0 Å². The summed E-state index contributed by atoms with van der Waals surface area (Å²) in [5.74, 6) is 0. The highest BCUT2D eigenvalue weighted by atomic mass is 16.7. The Morgan fingerprint density at radius 2 is 2.00 bits per heavy atom. The van der Waals surface area contributed by atoms with Crippen molar-refractivity contribution in [2.45, 2.75) is 26.7 Å². The van der Waals surface area contributed by atoms with Crippen LogP contribution in [0.3, 0.4) is 0 Å². The first-order valence-corrected chi connectivity index (χ1v) is 5.06. The summed E-state index contributed by atoms with van der Waals surface area (Å²) in [5, 5.41) is 0. The number of hydrogen-bond acceptors (Lipinski definition) is 3. The van der Waals surface area contributed by atoms with Gasteiger partial charge in [-0.1, -0.05) is 13.8 Å². The van der Waals surface area contributed by atoms with Crippen molar-refractivity contribution in [3.05, 3.63) is 0 Å². The van der Waals surface area contributed by atoms with Gasteiger partial charge in [0.25, 0.3) is 0 Å². The van der Waals surface area contributed by atoms with E-state index in [1.54, 1.807) is 0 Å². The molecule has 1 aliphatic heterocycles. The van der Waals surface area contributed by atoms with Crippen LogP contribution in [0.4, 0.5) is 0 Å². The van der Waals surface area contributed by atoms with Gasteiger partial charge in [-0.3, -0.25) is 0 Å². The third kappa shape index (κ3) is 3.25. The summed E-state index contributed by atoms with van der Waals surface area (Å²) in [4.78, 5) is 0. The van der Waals surface area contributed by atoms with Crippen molar-refractivity contribution in [3.63, 3.8) is 0 Å². The molecule has 0 atom stereocenters. The van der Waals surface area contributed by atoms with Gasteiger partial charge in [-0.15, -0.1) is 0 Å². The lowest BCUT2D eigenvalue weighted by atomic mass is 9.84. The van der Waals surface area contributed by atoms with Crippen LogP contribution in [0, 0.1) is 5.41 Å². The molecule has 1 heterocycles. The van der Waals surface area contributed by atoms with Crippen molar-refractivity contribution < 1.29 is 14.2 Å². The molecule has 0 aromatic carbocycles. The van der Waals surface area contributed by atoms with Crippen LogP contribution < -0.4 is 0 Å². The molecule has 78 valence electrons. The summed E-state index contributed by atoms with van der Waals surface area (Å²) in [6, 6.07) is 0. The Bertz CT molecular complexity index is 127. The lowest BCUT2D eigenvalue weighted by Crippen LogP contribution is -2.45. The van der Waals surface area contributed by atoms with Gasteiger partial charge < -0.3 is 14.2 Å². The molecule has 13 heavy (non-hydrogen) atoms. The fourth-order valence-electron chi connectivity index (χ4n) is 1.30. The lowest BCUT2D eigenvalue weighted by molar-refractivity contribution is -0.172. The van der Waals surface area contributed by atoms with Crippen LogP contribution in [0.5, 0.6) is 0 Å². The van der Waals surface area contributed by atoms with Gasteiger partial charge in [-0.05, 0) is 12.8 Å². The number of hydrogen-bond donors (Lipinski definition) is 0. The molecule has 0 aromatic rings. The minimum Gasteiger partial charge on any atom is -0.380 e. The van der Waals surface area contributed by atoms with Crippen LogP contribution in [0.15, 0.2) is 0 Å². The van der Waals surface area contributed by atoms with E-state index in [1.165, 1.54) is 0 Å². The fourth-order valence-corrected chi connectivity index (χ4v) is 1.30. The van der Waals surface area contributed by atoms with Crippen molar-refractivity contribution >= 4 is 0 Å². The van der Waals surface area contributed by atoms with E-state index < -0.39 is 0 Å². The van der Waals surface area contributed by atoms with Crippen molar-refractivity contribution in [1.82, 2.24) is 0 Å². The van der Waals surface area contributed by atoms with Gasteiger partial charge >= 0.3 is 0 Å². The molecule has 1 rings (SSSR count). The van der Waals surface area contributed by atoms with E-state index in [4.69, 9.17) is 14.2 Å². The van der Waals surface area contributed by atoms with E-state index in [1.807, 2.05) is 0 Å². The molecule has 0 bridgehead atoms. The Morgan fingerprint density at radius 3 is 2.46 bits per heavy atom. The maximum atomic E-state index is 5.43. The highest BCUT2D eigenvalue weighted by molar-refractivity contribution is 4.83. The zero-order valence-corrected chi connectivity index (χ0v) is 8.67. The highest BCUT2D eigenvalue weighted by Crippen LogP contribution is 2.31. The first-order valence-electron chi connectivity index (χ1n) is 5.06. The second kappa shape index (κ2) is 5.58. The maximum Gasteiger partial charge on any atom is 0.146 e. The van der Waals surface area contributed by atoms with E-state index in [0.717, 1.165) is 39.3 Å². The van der Waals surface area contributed by atoms with Gasteiger partial charge in [0.05, 0.1) is 19.8 Å².